The average Bonchev–Trinajstić information content (AvgIpc) is 2.18. The van der Waals surface area contributed by atoms with Crippen LogP contribution >= 0.6 is 0 Å². The summed E-state index contributed by atoms with van der Waals surface area (Å²) in [7, 11) is 0. The second kappa shape index (κ2) is 5.29. The lowest BCUT2D eigenvalue weighted by molar-refractivity contribution is -0.119. The Morgan fingerprint density at radius 1 is 1.33 bits per heavy atom. The standard InChI is InChI=1S/C12H16N2O/c1-9(2)11(12(13)15)14-8-10-6-4-3-5-7-10/h3-9,11H,1-2H3,(H2,13,15)/t11-/m0/s1. The Bertz CT molecular complexity index is 344. The van der Waals surface area contributed by atoms with Crippen LogP contribution in [0.3, 0.4) is 0 Å². The van der Waals surface area contributed by atoms with Crippen molar-refractivity contribution in [1.82, 2.24) is 0 Å². The number of benzene rings is 1. The lowest BCUT2D eigenvalue weighted by atomic mass is 10.0. The van der Waals surface area contributed by atoms with E-state index in [-0.39, 0.29) is 11.8 Å². The van der Waals surface area contributed by atoms with Crippen LogP contribution in [0.4, 0.5) is 0 Å². The maximum Gasteiger partial charge on any atom is 0.242 e. The summed E-state index contributed by atoms with van der Waals surface area (Å²) in [5, 5.41) is 0. The molecule has 0 bridgehead atoms. The van der Waals surface area contributed by atoms with Crippen molar-refractivity contribution in [3.8, 4) is 0 Å². The van der Waals surface area contributed by atoms with Gasteiger partial charge in [-0.2, -0.15) is 0 Å². The Kier molecular flexibility index (Phi) is 4.03. The fourth-order valence-electron chi connectivity index (χ4n) is 1.28. The zero-order valence-corrected chi connectivity index (χ0v) is 9.05. The number of hydrogen-bond donors (Lipinski definition) is 1. The number of hydrogen-bond acceptors (Lipinski definition) is 2. The van der Waals surface area contributed by atoms with E-state index in [1.807, 2.05) is 44.2 Å². The van der Waals surface area contributed by atoms with E-state index in [1.165, 1.54) is 0 Å². The molecule has 0 unspecified atom stereocenters. The molecule has 2 N–H and O–H groups in total. The summed E-state index contributed by atoms with van der Waals surface area (Å²) in [6, 6.07) is 9.21. The SMILES string of the molecule is CC(C)[C@H](N=Cc1ccccc1)C(N)=O. The number of carbonyl (C=O) groups excluding carboxylic acids is 1. The van der Waals surface area contributed by atoms with E-state index >= 15 is 0 Å². The van der Waals surface area contributed by atoms with Crippen LogP contribution in [0.1, 0.15) is 19.4 Å². The molecular weight excluding hydrogens is 188 g/mol. The van der Waals surface area contributed by atoms with Crippen molar-refractivity contribution in [2.75, 3.05) is 0 Å². The number of amides is 1. The van der Waals surface area contributed by atoms with E-state index in [0.717, 1.165) is 5.56 Å². The van der Waals surface area contributed by atoms with Gasteiger partial charge in [-0.15, -0.1) is 0 Å². The van der Waals surface area contributed by atoms with Gasteiger partial charge in [0.15, 0.2) is 0 Å². The normalized spacial score (nSPS) is 13.3. The minimum absolute atomic E-state index is 0.127. The Labute approximate surface area is 90.0 Å². The van der Waals surface area contributed by atoms with Gasteiger partial charge in [-0.05, 0) is 11.5 Å². The third-order valence-electron chi connectivity index (χ3n) is 2.11. The van der Waals surface area contributed by atoms with Crippen molar-refractivity contribution in [3.05, 3.63) is 35.9 Å². The lowest BCUT2D eigenvalue weighted by Crippen LogP contribution is -2.31. The van der Waals surface area contributed by atoms with E-state index in [4.69, 9.17) is 5.73 Å². The average molecular weight is 204 g/mol. The van der Waals surface area contributed by atoms with Crippen molar-refractivity contribution >= 4 is 12.1 Å². The molecule has 1 rings (SSSR count). The fourth-order valence-corrected chi connectivity index (χ4v) is 1.28. The lowest BCUT2D eigenvalue weighted by Gasteiger charge is -2.11. The molecule has 0 heterocycles. The highest BCUT2D eigenvalue weighted by atomic mass is 16.1. The van der Waals surface area contributed by atoms with Crippen LogP contribution in [0, 0.1) is 5.92 Å². The van der Waals surface area contributed by atoms with Crippen LogP contribution in [0.2, 0.25) is 0 Å². The highest BCUT2D eigenvalue weighted by Gasteiger charge is 2.16. The molecular formula is C12H16N2O. The zero-order chi connectivity index (χ0) is 11.3. The van der Waals surface area contributed by atoms with E-state index < -0.39 is 6.04 Å². The predicted molar refractivity (Wildman–Crippen MR) is 61.9 cm³/mol. The first kappa shape index (κ1) is 11.4. The number of nitrogens with two attached hydrogens (primary N) is 1. The summed E-state index contributed by atoms with van der Waals surface area (Å²) in [6.07, 6.45) is 1.69. The Balaban J connectivity index is 2.75. The van der Waals surface area contributed by atoms with Crippen molar-refractivity contribution < 1.29 is 4.79 Å². The summed E-state index contributed by atoms with van der Waals surface area (Å²) in [6.45, 7) is 3.86. The Morgan fingerprint density at radius 3 is 2.40 bits per heavy atom. The van der Waals surface area contributed by atoms with Crippen LogP contribution < -0.4 is 5.73 Å². The molecule has 0 aromatic heterocycles. The highest BCUT2D eigenvalue weighted by molar-refractivity contribution is 5.85. The van der Waals surface area contributed by atoms with E-state index in [1.54, 1.807) is 6.21 Å². The van der Waals surface area contributed by atoms with Gasteiger partial charge < -0.3 is 5.73 Å². The first-order valence-electron chi connectivity index (χ1n) is 4.99. The van der Waals surface area contributed by atoms with E-state index in [0.29, 0.717) is 0 Å². The summed E-state index contributed by atoms with van der Waals surface area (Å²) in [5.74, 6) is -0.250. The third-order valence-corrected chi connectivity index (χ3v) is 2.11. The smallest absolute Gasteiger partial charge is 0.242 e. The first-order valence-corrected chi connectivity index (χ1v) is 4.99. The molecule has 0 aliphatic rings. The van der Waals surface area contributed by atoms with Crippen LogP contribution in [0.15, 0.2) is 35.3 Å². The Hall–Kier alpha value is -1.64. The summed E-state index contributed by atoms with van der Waals surface area (Å²) in [5.41, 5.74) is 6.23. The molecule has 1 amide bonds. The maximum atomic E-state index is 11.1. The molecule has 0 aliphatic heterocycles. The van der Waals surface area contributed by atoms with Crippen LogP contribution in [0.5, 0.6) is 0 Å². The van der Waals surface area contributed by atoms with Gasteiger partial charge in [-0.25, -0.2) is 0 Å². The second-order valence-corrected chi connectivity index (χ2v) is 3.78. The van der Waals surface area contributed by atoms with Crippen LogP contribution in [-0.2, 0) is 4.79 Å². The molecule has 1 atom stereocenters. The molecule has 0 aliphatic carbocycles. The molecule has 0 saturated heterocycles. The molecule has 1 aromatic rings. The van der Waals surface area contributed by atoms with Gasteiger partial charge in [0.25, 0.3) is 0 Å². The molecule has 0 fully saturated rings. The Morgan fingerprint density at radius 2 is 1.93 bits per heavy atom. The topological polar surface area (TPSA) is 55.4 Å². The number of nitrogens with zero attached hydrogens (tertiary/aromatic N) is 1. The monoisotopic (exact) mass is 204 g/mol. The number of carbonyl (C=O) groups is 1. The van der Waals surface area contributed by atoms with Gasteiger partial charge in [0.2, 0.25) is 5.91 Å². The summed E-state index contributed by atoms with van der Waals surface area (Å²) in [4.78, 5) is 15.3. The summed E-state index contributed by atoms with van der Waals surface area (Å²) < 4.78 is 0. The number of rotatable bonds is 4. The molecule has 0 spiro atoms. The number of aliphatic imine (C=N–C) groups is 1. The predicted octanol–water partition coefficient (Wildman–Crippen LogP) is 1.62. The van der Waals surface area contributed by atoms with Gasteiger partial charge in [0.05, 0.1) is 0 Å². The molecule has 3 nitrogen and oxygen atoms in total. The molecule has 15 heavy (non-hydrogen) atoms. The molecule has 0 radical (unpaired) electrons. The number of primary amides is 1. The van der Waals surface area contributed by atoms with Gasteiger partial charge in [-0.1, -0.05) is 44.2 Å². The minimum Gasteiger partial charge on any atom is -0.368 e. The highest BCUT2D eigenvalue weighted by Crippen LogP contribution is 2.06. The maximum absolute atomic E-state index is 11.1. The van der Waals surface area contributed by atoms with Crippen LogP contribution in [-0.4, -0.2) is 18.2 Å². The van der Waals surface area contributed by atoms with Gasteiger partial charge in [0, 0.05) is 6.21 Å². The third kappa shape index (κ3) is 3.54. The minimum atomic E-state index is -0.440. The first-order chi connectivity index (χ1) is 7.11. The largest absolute Gasteiger partial charge is 0.368 e. The second-order valence-electron chi connectivity index (χ2n) is 3.78. The summed E-state index contributed by atoms with van der Waals surface area (Å²) >= 11 is 0. The van der Waals surface area contributed by atoms with Crippen molar-refractivity contribution in [1.29, 1.82) is 0 Å². The van der Waals surface area contributed by atoms with Crippen LogP contribution in [0.25, 0.3) is 0 Å². The van der Waals surface area contributed by atoms with E-state index in [9.17, 15) is 4.79 Å². The van der Waals surface area contributed by atoms with E-state index in [2.05, 4.69) is 4.99 Å². The van der Waals surface area contributed by atoms with Crippen molar-refractivity contribution in [3.63, 3.8) is 0 Å². The van der Waals surface area contributed by atoms with Gasteiger partial charge in [-0.3, -0.25) is 9.79 Å². The molecule has 80 valence electrons. The molecule has 3 heteroatoms. The molecule has 1 aromatic carbocycles. The fraction of sp³-hybridized carbons (Fsp3) is 0.333. The van der Waals surface area contributed by atoms with Gasteiger partial charge >= 0.3 is 0 Å². The molecule has 0 saturated carbocycles. The van der Waals surface area contributed by atoms with Crippen molar-refractivity contribution in [2.24, 2.45) is 16.6 Å². The quantitative estimate of drug-likeness (QED) is 0.744. The van der Waals surface area contributed by atoms with Gasteiger partial charge in [0.1, 0.15) is 6.04 Å². The zero-order valence-electron chi connectivity index (χ0n) is 9.05. The van der Waals surface area contributed by atoms with Crippen molar-refractivity contribution in [2.45, 2.75) is 19.9 Å².